The minimum Gasteiger partial charge on any atom is -0.391 e. The average Bonchev–Trinajstić information content (AvgIpc) is 2.82. The molecule has 0 aromatic heterocycles. The van der Waals surface area contributed by atoms with E-state index in [-0.39, 0.29) is 12.0 Å². The molecule has 2 aliphatic rings. The standard InChI is InChI=1S/C17H25NO4/c19-14-10-18-8-6-13(16(20)15(18)17(14)21)7-9-22-11-12-4-2-1-3-5-12/h1-5,13-17,19-21H,6-11H2/t13-,14+,15-,16-,17+/m0/s1. The van der Waals surface area contributed by atoms with Crippen LogP contribution < -0.4 is 0 Å². The van der Waals surface area contributed by atoms with Gasteiger partial charge >= 0.3 is 0 Å². The van der Waals surface area contributed by atoms with Crippen molar-refractivity contribution >= 4 is 0 Å². The molecule has 3 rings (SSSR count). The predicted molar refractivity (Wildman–Crippen MR) is 82.2 cm³/mol. The molecule has 0 radical (unpaired) electrons. The Kier molecular flexibility index (Phi) is 5.10. The largest absolute Gasteiger partial charge is 0.391 e. The van der Waals surface area contributed by atoms with Gasteiger partial charge in [-0.3, -0.25) is 4.90 Å². The van der Waals surface area contributed by atoms with Gasteiger partial charge in [0, 0.05) is 13.2 Å². The summed E-state index contributed by atoms with van der Waals surface area (Å²) in [6, 6.07) is 9.70. The molecule has 1 aromatic rings. The van der Waals surface area contributed by atoms with E-state index in [1.54, 1.807) is 0 Å². The summed E-state index contributed by atoms with van der Waals surface area (Å²) in [5.74, 6) is 0.122. The zero-order valence-electron chi connectivity index (χ0n) is 12.7. The van der Waals surface area contributed by atoms with Crippen LogP contribution in [0.5, 0.6) is 0 Å². The molecule has 0 spiro atoms. The number of benzene rings is 1. The van der Waals surface area contributed by atoms with E-state index in [9.17, 15) is 15.3 Å². The minimum absolute atomic E-state index is 0.122. The highest BCUT2D eigenvalue weighted by Crippen LogP contribution is 2.33. The molecule has 2 heterocycles. The molecule has 2 aliphatic heterocycles. The number of fused-ring (bicyclic) bond motifs is 1. The predicted octanol–water partition coefficient (Wildman–Crippen LogP) is 0.380. The second-order valence-corrected chi connectivity index (χ2v) is 6.41. The Balaban J connectivity index is 1.45. The smallest absolute Gasteiger partial charge is 0.0991 e. The molecule has 1 aromatic carbocycles. The number of nitrogens with zero attached hydrogens (tertiary/aromatic N) is 1. The highest BCUT2D eigenvalue weighted by atomic mass is 16.5. The fraction of sp³-hybridized carbons (Fsp3) is 0.647. The molecule has 0 unspecified atom stereocenters. The van der Waals surface area contributed by atoms with Gasteiger partial charge in [-0.25, -0.2) is 0 Å². The second kappa shape index (κ2) is 7.06. The Hall–Kier alpha value is -0.980. The third-order valence-corrected chi connectivity index (χ3v) is 4.95. The quantitative estimate of drug-likeness (QED) is 0.686. The number of aliphatic hydroxyl groups excluding tert-OH is 3. The lowest BCUT2D eigenvalue weighted by Crippen LogP contribution is -2.53. The molecule has 0 saturated carbocycles. The highest BCUT2D eigenvalue weighted by molar-refractivity contribution is 5.13. The van der Waals surface area contributed by atoms with Crippen molar-refractivity contribution in [3.8, 4) is 0 Å². The van der Waals surface area contributed by atoms with Gasteiger partial charge in [-0.1, -0.05) is 30.3 Å². The fourth-order valence-corrected chi connectivity index (χ4v) is 3.67. The molecule has 2 saturated heterocycles. The topological polar surface area (TPSA) is 73.2 Å². The molecule has 122 valence electrons. The SMILES string of the molecule is O[C@H]1[C@H](CCOCc2ccccc2)CCN2C[C@@H](O)[C@@H](O)[C@H]12. The number of rotatable bonds is 5. The van der Waals surface area contributed by atoms with Crippen LogP contribution in [0.25, 0.3) is 0 Å². The summed E-state index contributed by atoms with van der Waals surface area (Å²) in [4.78, 5) is 2.00. The molecule has 3 N–H and O–H groups in total. The van der Waals surface area contributed by atoms with Crippen molar-refractivity contribution in [1.82, 2.24) is 4.90 Å². The molecule has 0 amide bonds. The Bertz CT molecular complexity index is 469. The van der Waals surface area contributed by atoms with Crippen LogP contribution in [-0.4, -0.2) is 64.3 Å². The van der Waals surface area contributed by atoms with E-state index in [0.29, 0.717) is 19.8 Å². The lowest BCUT2D eigenvalue weighted by Gasteiger charge is -2.40. The fourth-order valence-electron chi connectivity index (χ4n) is 3.67. The summed E-state index contributed by atoms with van der Waals surface area (Å²) >= 11 is 0. The van der Waals surface area contributed by atoms with Gasteiger partial charge in [0.05, 0.1) is 31.0 Å². The number of hydrogen-bond donors (Lipinski definition) is 3. The van der Waals surface area contributed by atoms with Gasteiger partial charge in [-0.05, 0) is 30.9 Å². The van der Waals surface area contributed by atoms with Gasteiger partial charge in [0.2, 0.25) is 0 Å². The van der Waals surface area contributed by atoms with Crippen LogP contribution in [0.4, 0.5) is 0 Å². The van der Waals surface area contributed by atoms with Gasteiger partial charge < -0.3 is 20.1 Å². The first kappa shape index (κ1) is 15.9. The van der Waals surface area contributed by atoms with Crippen molar-refractivity contribution in [1.29, 1.82) is 0 Å². The molecule has 22 heavy (non-hydrogen) atoms. The van der Waals surface area contributed by atoms with Crippen molar-refractivity contribution in [2.45, 2.75) is 43.8 Å². The van der Waals surface area contributed by atoms with Crippen LogP contribution in [-0.2, 0) is 11.3 Å². The van der Waals surface area contributed by atoms with E-state index in [0.717, 1.165) is 24.9 Å². The van der Waals surface area contributed by atoms with Crippen LogP contribution >= 0.6 is 0 Å². The van der Waals surface area contributed by atoms with Crippen molar-refractivity contribution < 1.29 is 20.1 Å². The molecule has 0 aliphatic carbocycles. The zero-order chi connectivity index (χ0) is 15.5. The lowest BCUT2D eigenvalue weighted by atomic mass is 9.85. The minimum atomic E-state index is -0.844. The van der Waals surface area contributed by atoms with Crippen LogP contribution in [0.1, 0.15) is 18.4 Å². The molecule has 5 atom stereocenters. The first-order valence-electron chi connectivity index (χ1n) is 8.06. The number of hydrogen-bond acceptors (Lipinski definition) is 5. The van der Waals surface area contributed by atoms with E-state index in [1.807, 2.05) is 35.2 Å². The first-order valence-corrected chi connectivity index (χ1v) is 8.06. The second-order valence-electron chi connectivity index (χ2n) is 6.41. The number of ether oxygens (including phenoxy) is 1. The lowest BCUT2D eigenvalue weighted by molar-refractivity contribution is -0.0635. The summed E-state index contributed by atoms with van der Waals surface area (Å²) in [5, 5.41) is 30.2. The van der Waals surface area contributed by atoms with E-state index in [2.05, 4.69) is 0 Å². The van der Waals surface area contributed by atoms with Crippen LogP contribution in [0, 0.1) is 5.92 Å². The summed E-state index contributed by atoms with van der Waals surface area (Å²) in [7, 11) is 0. The van der Waals surface area contributed by atoms with Crippen LogP contribution in [0.15, 0.2) is 30.3 Å². The summed E-state index contributed by atoms with van der Waals surface area (Å²) < 4.78 is 5.69. The summed E-state index contributed by atoms with van der Waals surface area (Å²) in [6.45, 7) is 2.46. The Morgan fingerprint density at radius 3 is 2.64 bits per heavy atom. The van der Waals surface area contributed by atoms with Crippen molar-refractivity contribution in [2.75, 3.05) is 19.7 Å². The Labute approximate surface area is 131 Å². The average molecular weight is 307 g/mol. The molecular weight excluding hydrogens is 282 g/mol. The molecule has 5 nitrogen and oxygen atoms in total. The monoisotopic (exact) mass is 307 g/mol. The third kappa shape index (κ3) is 3.34. The maximum atomic E-state index is 10.5. The van der Waals surface area contributed by atoms with Crippen molar-refractivity contribution in [2.24, 2.45) is 5.92 Å². The number of piperidine rings is 1. The third-order valence-electron chi connectivity index (χ3n) is 4.95. The van der Waals surface area contributed by atoms with E-state index < -0.39 is 18.3 Å². The van der Waals surface area contributed by atoms with Gasteiger partial charge in [0.25, 0.3) is 0 Å². The van der Waals surface area contributed by atoms with Crippen molar-refractivity contribution in [3.05, 3.63) is 35.9 Å². The molecule has 0 bridgehead atoms. The summed E-state index contributed by atoms with van der Waals surface area (Å²) in [6.07, 6.45) is -0.524. The Morgan fingerprint density at radius 1 is 1.09 bits per heavy atom. The molecular formula is C17H25NO4. The Morgan fingerprint density at radius 2 is 1.86 bits per heavy atom. The first-order chi connectivity index (χ1) is 10.7. The van der Waals surface area contributed by atoms with E-state index >= 15 is 0 Å². The summed E-state index contributed by atoms with van der Waals surface area (Å²) in [5.41, 5.74) is 1.15. The highest BCUT2D eigenvalue weighted by Gasteiger charge is 2.48. The van der Waals surface area contributed by atoms with Crippen LogP contribution in [0.2, 0.25) is 0 Å². The van der Waals surface area contributed by atoms with Gasteiger partial charge in [0.15, 0.2) is 0 Å². The normalized spacial score (nSPS) is 35.5. The van der Waals surface area contributed by atoms with Gasteiger partial charge in [0.1, 0.15) is 0 Å². The maximum Gasteiger partial charge on any atom is 0.0991 e. The van der Waals surface area contributed by atoms with E-state index in [1.165, 1.54) is 0 Å². The zero-order valence-corrected chi connectivity index (χ0v) is 12.7. The molecule has 2 fully saturated rings. The van der Waals surface area contributed by atoms with Crippen LogP contribution in [0.3, 0.4) is 0 Å². The maximum absolute atomic E-state index is 10.5. The van der Waals surface area contributed by atoms with Crippen molar-refractivity contribution in [3.63, 3.8) is 0 Å². The van der Waals surface area contributed by atoms with Gasteiger partial charge in [-0.2, -0.15) is 0 Å². The van der Waals surface area contributed by atoms with E-state index in [4.69, 9.17) is 4.74 Å². The number of aliphatic hydroxyl groups is 3. The van der Waals surface area contributed by atoms with Gasteiger partial charge in [-0.15, -0.1) is 0 Å². The molecule has 5 heteroatoms.